The molecule has 2 unspecified atom stereocenters. The molecule has 0 spiro atoms. The molecule has 0 saturated carbocycles. The highest BCUT2D eigenvalue weighted by Crippen LogP contribution is 2.34. The first-order valence-electron chi connectivity index (χ1n) is 10.8. The zero-order chi connectivity index (χ0) is 25.5. The Kier molecular flexibility index (Phi) is 8.94. The van der Waals surface area contributed by atoms with Crippen molar-refractivity contribution in [1.29, 1.82) is 0 Å². The standard InChI is InChI=1S/C23H27Cl2N7O3/c1-12(11-33)22(34)28-10-15-7-14(5-6-17(15)25)19-20(27)31-32-21(19)30-23(35)29-18(9-26)13-3-2-4-16(24)8-13/h2-8,12,18,33H,9-11,26H2,1H3,(H,28,34)(H5,27,29,30,31,32,35). The highest BCUT2D eigenvalue weighted by atomic mass is 35.5. The molecule has 0 radical (unpaired) electrons. The van der Waals surface area contributed by atoms with Gasteiger partial charge in [0, 0.05) is 23.1 Å². The van der Waals surface area contributed by atoms with E-state index in [1.165, 1.54) is 0 Å². The van der Waals surface area contributed by atoms with E-state index in [1.807, 2.05) is 6.07 Å². The molecular formula is C23H27Cl2N7O3. The minimum atomic E-state index is -0.542. The predicted molar refractivity (Wildman–Crippen MR) is 137 cm³/mol. The maximum Gasteiger partial charge on any atom is 0.320 e. The van der Waals surface area contributed by atoms with Gasteiger partial charge in [-0.25, -0.2) is 4.79 Å². The number of aromatic amines is 1. The Hall–Kier alpha value is -3.31. The number of aliphatic hydroxyl groups is 1. The highest BCUT2D eigenvalue weighted by Gasteiger charge is 2.20. The molecule has 9 N–H and O–H groups in total. The van der Waals surface area contributed by atoms with Gasteiger partial charge >= 0.3 is 6.03 Å². The Balaban J connectivity index is 1.78. The van der Waals surface area contributed by atoms with E-state index in [4.69, 9.17) is 39.8 Å². The van der Waals surface area contributed by atoms with Crippen molar-refractivity contribution in [2.75, 3.05) is 24.2 Å². The zero-order valence-electron chi connectivity index (χ0n) is 18.9. The lowest BCUT2D eigenvalue weighted by molar-refractivity contribution is -0.125. The SMILES string of the molecule is CC(CO)C(=O)NCc1cc(-c2c(NC(=O)NC(CN)c3cccc(Cl)c3)n[nH]c2N)ccc1Cl. The molecule has 3 aromatic rings. The van der Waals surface area contributed by atoms with Gasteiger partial charge < -0.3 is 27.2 Å². The second kappa shape index (κ2) is 11.9. The fraction of sp³-hybridized carbons (Fsp3) is 0.261. The molecule has 0 bridgehead atoms. The number of amides is 3. The first-order chi connectivity index (χ1) is 16.7. The van der Waals surface area contributed by atoms with Crippen LogP contribution in [0.3, 0.4) is 0 Å². The van der Waals surface area contributed by atoms with Crippen molar-refractivity contribution in [2.24, 2.45) is 11.7 Å². The van der Waals surface area contributed by atoms with Crippen molar-refractivity contribution < 1.29 is 14.7 Å². The first-order valence-corrected chi connectivity index (χ1v) is 11.5. The van der Waals surface area contributed by atoms with Gasteiger partial charge in [0.1, 0.15) is 5.82 Å². The number of halogens is 2. The highest BCUT2D eigenvalue weighted by molar-refractivity contribution is 6.31. The van der Waals surface area contributed by atoms with Crippen LogP contribution < -0.4 is 27.4 Å². The molecule has 10 nitrogen and oxygen atoms in total. The number of carbonyl (C=O) groups is 2. The third-order valence-corrected chi connectivity index (χ3v) is 5.93. The average Bonchev–Trinajstić information content (AvgIpc) is 3.20. The van der Waals surface area contributed by atoms with Crippen LogP contribution in [-0.4, -0.2) is 40.4 Å². The molecule has 3 rings (SSSR count). The normalized spacial score (nSPS) is 12.6. The molecule has 0 aliphatic carbocycles. The van der Waals surface area contributed by atoms with Crippen molar-refractivity contribution in [3.05, 3.63) is 63.6 Å². The summed E-state index contributed by atoms with van der Waals surface area (Å²) in [4.78, 5) is 24.7. The smallest absolute Gasteiger partial charge is 0.320 e. The number of nitrogen functional groups attached to an aromatic ring is 1. The number of urea groups is 1. The largest absolute Gasteiger partial charge is 0.396 e. The number of nitrogens with two attached hydrogens (primary N) is 2. The Morgan fingerprint density at radius 2 is 1.97 bits per heavy atom. The number of rotatable bonds is 9. The second-order valence-electron chi connectivity index (χ2n) is 7.91. The fourth-order valence-corrected chi connectivity index (χ4v) is 3.73. The number of hydrogen-bond acceptors (Lipinski definition) is 6. The first kappa shape index (κ1) is 26.3. The van der Waals surface area contributed by atoms with E-state index in [-0.39, 0.29) is 37.2 Å². The Morgan fingerprint density at radius 1 is 1.20 bits per heavy atom. The summed E-state index contributed by atoms with van der Waals surface area (Å²) in [5.41, 5.74) is 14.4. The Morgan fingerprint density at radius 3 is 2.66 bits per heavy atom. The van der Waals surface area contributed by atoms with Crippen molar-refractivity contribution in [1.82, 2.24) is 20.8 Å². The molecule has 0 aliphatic rings. The van der Waals surface area contributed by atoms with Crippen LogP contribution in [0.25, 0.3) is 11.1 Å². The molecule has 0 aliphatic heterocycles. The Labute approximate surface area is 212 Å². The topological polar surface area (TPSA) is 171 Å². The van der Waals surface area contributed by atoms with Crippen LogP contribution >= 0.6 is 23.2 Å². The minimum Gasteiger partial charge on any atom is -0.396 e. The lowest BCUT2D eigenvalue weighted by Crippen LogP contribution is -2.36. The molecule has 35 heavy (non-hydrogen) atoms. The van der Waals surface area contributed by atoms with Crippen LogP contribution in [0.15, 0.2) is 42.5 Å². The van der Waals surface area contributed by atoms with Gasteiger partial charge in [0.05, 0.1) is 24.1 Å². The molecule has 186 valence electrons. The molecule has 1 aromatic heterocycles. The number of anilines is 2. The molecule has 0 fully saturated rings. The summed E-state index contributed by atoms with van der Waals surface area (Å²) in [5.74, 6) is -0.408. The van der Waals surface area contributed by atoms with E-state index in [1.54, 1.807) is 43.3 Å². The lowest BCUT2D eigenvalue weighted by Gasteiger charge is -2.18. The molecule has 1 heterocycles. The molecule has 0 saturated heterocycles. The van der Waals surface area contributed by atoms with Gasteiger partial charge in [-0.05, 0) is 41.0 Å². The number of nitrogens with zero attached hydrogens (tertiary/aromatic N) is 1. The number of benzene rings is 2. The molecule has 2 atom stereocenters. The van der Waals surface area contributed by atoms with E-state index in [0.717, 1.165) is 5.56 Å². The van der Waals surface area contributed by atoms with E-state index >= 15 is 0 Å². The number of nitrogens with one attached hydrogen (secondary N) is 4. The van der Waals surface area contributed by atoms with Crippen LogP contribution in [-0.2, 0) is 11.3 Å². The third kappa shape index (κ3) is 6.64. The van der Waals surface area contributed by atoms with E-state index < -0.39 is 18.0 Å². The zero-order valence-corrected chi connectivity index (χ0v) is 20.5. The van der Waals surface area contributed by atoms with E-state index in [9.17, 15) is 9.59 Å². The summed E-state index contributed by atoms with van der Waals surface area (Å²) in [5, 5.41) is 25.1. The van der Waals surface area contributed by atoms with Gasteiger partial charge in [0.2, 0.25) is 5.91 Å². The van der Waals surface area contributed by atoms with Gasteiger partial charge in [0.25, 0.3) is 0 Å². The van der Waals surface area contributed by atoms with Gasteiger partial charge in [-0.2, -0.15) is 5.10 Å². The number of hydrogen-bond donors (Lipinski definition) is 7. The minimum absolute atomic E-state index is 0.147. The van der Waals surface area contributed by atoms with Crippen LogP contribution in [0.5, 0.6) is 0 Å². The maximum absolute atomic E-state index is 12.7. The van der Waals surface area contributed by atoms with Crippen molar-refractivity contribution in [3.8, 4) is 11.1 Å². The number of H-pyrrole nitrogens is 1. The Bertz CT molecular complexity index is 1200. The third-order valence-electron chi connectivity index (χ3n) is 5.33. The van der Waals surface area contributed by atoms with Crippen LogP contribution in [0.2, 0.25) is 10.0 Å². The lowest BCUT2D eigenvalue weighted by atomic mass is 10.0. The quantitative estimate of drug-likeness (QED) is 0.229. The summed E-state index contributed by atoms with van der Waals surface area (Å²) in [6.07, 6.45) is 0. The van der Waals surface area contributed by atoms with E-state index in [0.29, 0.717) is 26.7 Å². The molecule has 2 aromatic carbocycles. The van der Waals surface area contributed by atoms with Gasteiger partial charge in [-0.1, -0.05) is 48.3 Å². The summed E-state index contributed by atoms with van der Waals surface area (Å²) in [7, 11) is 0. The summed E-state index contributed by atoms with van der Waals surface area (Å²) < 4.78 is 0. The van der Waals surface area contributed by atoms with Gasteiger partial charge in [0.15, 0.2) is 5.82 Å². The summed E-state index contributed by atoms with van der Waals surface area (Å²) in [6.45, 7) is 1.66. The maximum atomic E-state index is 12.7. The number of carbonyl (C=O) groups excluding carboxylic acids is 2. The fourth-order valence-electron chi connectivity index (χ4n) is 3.35. The summed E-state index contributed by atoms with van der Waals surface area (Å²) in [6, 6.07) is 11.2. The van der Waals surface area contributed by atoms with Crippen LogP contribution in [0.1, 0.15) is 24.1 Å². The number of aromatic nitrogens is 2. The van der Waals surface area contributed by atoms with E-state index in [2.05, 4.69) is 26.1 Å². The molecule has 12 heteroatoms. The summed E-state index contributed by atoms with van der Waals surface area (Å²) >= 11 is 12.4. The second-order valence-corrected chi connectivity index (χ2v) is 8.75. The van der Waals surface area contributed by atoms with Gasteiger partial charge in [-0.3, -0.25) is 15.2 Å². The van der Waals surface area contributed by atoms with Gasteiger partial charge in [-0.15, -0.1) is 0 Å². The molecule has 3 amide bonds. The average molecular weight is 520 g/mol. The van der Waals surface area contributed by atoms with Crippen molar-refractivity contribution >= 4 is 46.8 Å². The molecular weight excluding hydrogens is 493 g/mol. The van der Waals surface area contributed by atoms with Crippen LogP contribution in [0.4, 0.5) is 16.4 Å². The van der Waals surface area contributed by atoms with Crippen molar-refractivity contribution in [2.45, 2.75) is 19.5 Å². The van der Waals surface area contributed by atoms with Crippen LogP contribution in [0, 0.1) is 5.92 Å². The number of aliphatic hydroxyl groups excluding tert-OH is 1. The monoisotopic (exact) mass is 519 g/mol. The predicted octanol–water partition coefficient (Wildman–Crippen LogP) is 3.03. The van der Waals surface area contributed by atoms with Crippen molar-refractivity contribution in [3.63, 3.8) is 0 Å².